The molecule has 0 radical (unpaired) electrons. The van der Waals surface area contributed by atoms with Crippen LogP contribution in [0.1, 0.15) is 105 Å². The molecule has 0 spiro atoms. The van der Waals surface area contributed by atoms with Crippen molar-refractivity contribution in [1.29, 1.82) is 5.41 Å². The van der Waals surface area contributed by atoms with Crippen LogP contribution in [0.4, 0.5) is 10.1 Å². The number of halogens is 2. The molecule has 0 saturated carbocycles. The lowest BCUT2D eigenvalue weighted by molar-refractivity contribution is -0.302. The number of carbonyl (C=O) groups is 1. The normalized spacial score (nSPS) is 40.5. The summed E-state index contributed by atoms with van der Waals surface area (Å²) in [7, 11) is 4.93. The number of morpholine rings is 1. The Kier molecular flexibility index (Phi) is 20.3. The maximum Gasteiger partial charge on any atom is 0.310 e. The van der Waals surface area contributed by atoms with E-state index in [1.165, 1.54) is 18.7 Å². The van der Waals surface area contributed by atoms with Crippen molar-refractivity contribution in [2.45, 2.75) is 176 Å². The summed E-state index contributed by atoms with van der Waals surface area (Å²) in [6.45, 7) is 17.8. The zero-order valence-electron chi connectivity index (χ0n) is 44.8. The van der Waals surface area contributed by atoms with Crippen LogP contribution in [0, 0.1) is 35.0 Å². The number of rotatable bonds is 14. The van der Waals surface area contributed by atoms with E-state index in [1.807, 2.05) is 50.1 Å². The van der Waals surface area contributed by atoms with E-state index in [1.54, 1.807) is 77.4 Å². The highest BCUT2D eigenvalue weighted by Crippen LogP contribution is 2.45. The monoisotopic (exact) mass is 1150 g/mol. The van der Waals surface area contributed by atoms with E-state index in [9.17, 15) is 40.1 Å². The van der Waals surface area contributed by atoms with Gasteiger partial charge in [0, 0.05) is 82.2 Å². The average molecular weight is 1150 g/mol. The molecule has 414 valence electrons. The third kappa shape index (κ3) is 13.3. The molecule has 1 unspecified atom stereocenters. The van der Waals surface area contributed by atoms with E-state index in [2.05, 4.69) is 15.2 Å². The summed E-state index contributed by atoms with van der Waals surface area (Å²) in [4.78, 5) is 18.6. The number of methoxy groups -OCH3 is 2. The molecule has 21 heteroatoms. The Bertz CT molecular complexity index is 2100. The van der Waals surface area contributed by atoms with Gasteiger partial charge in [-0.05, 0) is 107 Å². The summed E-state index contributed by atoms with van der Waals surface area (Å²) < 4.78 is 58.3. The first-order valence-corrected chi connectivity index (χ1v) is 27.1. The minimum Gasteiger partial charge on any atom is -0.448 e. The summed E-state index contributed by atoms with van der Waals surface area (Å²) >= 11 is 1.79. The molecule has 0 bridgehead atoms. The maximum absolute atomic E-state index is 14.9. The predicted molar refractivity (Wildman–Crippen MR) is 278 cm³/mol. The second-order valence-electron chi connectivity index (χ2n) is 22.1. The summed E-state index contributed by atoms with van der Waals surface area (Å²) in [5.74, 6) is -4.81. The lowest BCUT2D eigenvalue weighted by Crippen LogP contribution is -2.62. The molecule has 2 aromatic rings. The van der Waals surface area contributed by atoms with Crippen LogP contribution in [0.2, 0.25) is 0 Å². The number of cyclic esters (lactones) is 1. The molecular weight excluding hydrogens is 1060 g/mol. The van der Waals surface area contributed by atoms with Crippen LogP contribution in [0.3, 0.4) is 0 Å². The maximum atomic E-state index is 14.9. The topological polar surface area (TPSA) is 244 Å². The van der Waals surface area contributed by atoms with E-state index >= 15 is 0 Å². The fourth-order valence-corrected chi connectivity index (χ4v) is 12.5. The lowest BCUT2D eigenvalue weighted by atomic mass is 9.68. The van der Waals surface area contributed by atoms with Gasteiger partial charge in [-0.15, -0.1) is 5.10 Å². The molecule has 19 nitrogen and oxygen atoms in total. The van der Waals surface area contributed by atoms with Gasteiger partial charge >= 0.3 is 5.97 Å². The van der Waals surface area contributed by atoms with Crippen LogP contribution in [-0.2, 0) is 44.4 Å². The fourth-order valence-electron chi connectivity index (χ4n) is 11.9. The molecule has 1 aromatic carbocycles. The van der Waals surface area contributed by atoms with E-state index < -0.39 is 130 Å². The molecule has 6 N–H and O–H groups in total. The number of ether oxygens (including phenoxy) is 7. The number of aliphatic hydroxyl groups is 5. The summed E-state index contributed by atoms with van der Waals surface area (Å²) in [6.07, 6.45) is -6.13. The largest absolute Gasteiger partial charge is 0.448 e. The van der Waals surface area contributed by atoms with E-state index in [0.717, 1.165) is 24.3 Å². The van der Waals surface area contributed by atoms with Crippen molar-refractivity contribution in [3.8, 4) is 0 Å². The highest BCUT2D eigenvalue weighted by Gasteiger charge is 2.55. The minimum absolute atomic E-state index is 0.0480. The number of nitrogens with zero attached hydrogens (tertiary/aromatic N) is 5. The number of esters is 1. The Morgan fingerprint density at radius 1 is 0.973 bits per heavy atom. The van der Waals surface area contributed by atoms with Crippen LogP contribution < -0.4 is 4.90 Å². The third-order valence-electron chi connectivity index (χ3n) is 16.5. The number of aliphatic hydroxyl groups excluding tert-OH is 3. The first-order valence-electron chi connectivity index (χ1n) is 25.9. The van der Waals surface area contributed by atoms with Crippen molar-refractivity contribution in [3.63, 3.8) is 0 Å². The molecule has 1 aromatic heterocycles. The van der Waals surface area contributed by atoms with Gasteiger partial charge in [-0.3, -0.25) is 4.79 Å². The van der Waals surface area contributed by atoms with Crippen molar-refractivity contribution in [1.82, 2.24) is 19.9 Å². The number of carbonyl (C=O) groups excluding carboxylic acids is 1. The highest BCUT2D eigenvalue weighted by atomic mass is 127. The van der Waals surface area contributed by atoms with E-state index in [4.69, 9.17) is 33.2 Å². The van der Waals surface area contributed by atoms with Gasteiger partial charge in [-0.25, -0.2) is 9.07 Å². The van der Waals surface area contributed by atoms with Crippen molar-refractivity contribution in [3.05, 3.63) is 41.7 Å². The fraction of sp³-hybridized carbons (Fsp3) is 0.808. The zero-order valence-corrected chi connectivity index (χ0v) is 46.9. The second-order valence-corrected chi connectivity index (χ2v) is 23.2. The Morgan fingerprint density at radius 3 is 2.25 bits per heavy atom. The molecule has 0 aliphatic carbocycles. The first-order chi connectivity index (χ1) is 34.3. The van der Waals surface area contributed by atoms with Gasteiger partial charge in [-0.2, -0.15) is 0 Å². The molecule has 4 aliphatic rings. The van der Waals surface area contributed by atoms with Crippen molar-refractivity contribution in [2.24, 2.45) is 29.6 Å². The number of hydrogen-bond acceptors (Lipinski definition) is 18. The van der Waals surface area contributed by atoms with Crippen LogP contribution in [0.5, 0.6) is 0 Å². The van der Waals surface area contributed by atoms with Gasteiger partial charge in [0.05, 0.1) is 66.5 Å². The predicted octanol–water partition coefficient (Wildman–Crippen LogP) is 4.43. The van der Waals surface area contributed by atoms with Crippen molar-refractivity contribution < 1.29 is 67.9 Å². The van der Waals surface area contributed by atoms with Gasteiger partial charge in [0.2, 0.25) is 0 Å². The zero-order chi connectivity index (χ0) is 53.9. The summed E-state index contributed by atoms with van der Waals surface area (Å²) in [6, 6.07) is 6.65. The number of aromatic nitrogens is 3. The minimum atomic E-state index is -1.97. The van der Waals surface area contributed by atoms with Gasteiger partial charge < -0.3 is 73.9 Å². The molecule has 5 heterocycles. The standard InChI is InChI=1S/C52H84FIN6O13/c1-28-24-50(7,65)46(30(3)40(39-25-51(8,68-12)45(63)33(6)71-39)31(4)47(64)73-49(54)52(9,66)44(62)32(5)41(28)55)72-48-42(61)37(23-29(2)70-48)58(10)18-17-35-27-60(57-56-35)38(26-53)43(67-11)34-13-15-36(16-14-34)59-19-21-69-22-20-59/h13-16,27-33,37-40,42-46,48-49,55,61-63,65-66H,17-26H2,1-12H3/t28-,29-,30+,31-,32+,33+,37+,38-,39?,40+,42-,43-,44-,45+,46-,48+,49+,50-,51-,52+/m1/s1. The third-order valence-corrected chi connectivity index (χ3v) is 18.1. The second kappa shape index (κ2) is 24.9. The Morgan fingerprint density at radius 2 is 1.63 bits per heavy atom. The summed E-state index contributed by atoms with van der Waals surface area (Å²) in [5.41, 5.74) is -2.29. The Balaban J connectivity index is 1.25. The van der Waals surface area contributed by atoms with Crippen LogP contribution >= 0.6 is 22.6 Å². The Hall–Kier alpha value is -2.52. The number of hydrogen-bond donors (Lipinski definition) is 6. The smallest absolute Gasteiger partial charge is 0.310 e. The highest BCUT2D eigenvalue weighted by molar-refractivity contribution is 14.1. The molecule has 4 saturated heterocycles. The SMILES string of the molecule is CO[C@H](c1ccc(N2CCOCC2)cc1)[C@@H](CF)n1cc(CCN(C)[C@H]2C[C@@H](C)O[C@@H](O[C@@H]3[C@@H](C)[C@H](C4C[C@@](C)(OC)[C@@H](O)[C@H](C)O4)[C@@H](C)C(=O)O[C@H](I)[C@@](C)(O)[C@H](O)[C@@H](C)C(=N)[C@H](C)C[C@@]3(C)O)[C@@H]2O)nn1. The quantitative estimate of drug-likeness (QED) is 0.0871. The molecule has 20 atom stereocenters. The van der Waals surface area contributed by atoms with Gasteiger partial charge in [0.1, 0.15) is 36.6 Å². The number of alkyl halides is 2. The van der Waals surface area contributed by atoms with Gasteiger partial charge in [0.15, 0.2) is 10.4 Å². The Labute approximate surface area is 444 Å². The van der Waals surface area contributed by atoms with Crippen molar-refractivity contribution >= 4 is 40.0 Å². The number of anilines is 1. The van der Waals surface area contributed by atoms with Crippen LogP contribution in [0.15, 0.2) is 30.5 Å². The van der Waals surface area contributed by atoms with E-state index in [0.29, 0.717) is 38.3 Å². The molecule has 6 rings (SSSR count). The van der Waals surface area contributed by atoms with Crippen LogP contribution in [0.25, 0.3) is 0 Å². The molecule has 0 amide bonds. The summed E-state index contributed by atoms with van der Waals surface area (Å²) in [5, 5.41) is 77.5. The van der Waals surface area contributed by atoms with Crippen molar-refractivity contribution in [2.75, 3.05) is 65.7 Å². The molecule has 4 fully saturated rings. The van der Waals surface area contributed by atoms with E-state index in [-0.39, 0.29) is 18.6 Å². The number of likely N-dealkylation sites (N-methyl/N-ethyl adjacent to an activating group) is 1. The van der Waals surface area contributed by atoms with Gasteiger partial charge in [0.25, 0.3) is 0 Å². The molecule has 4 aliphatic heterocycles. The first kappa shape index (κ1) is 59.7. The average Bonchev–Trinajstić information content (AvgIpc) is 3.84. The molecule has 73 heavy (non-hydrogen) atoms. The number of nitrogens with one attached hydrogen (secondary N) is 1. The van der Waals surface area contributed by atoms with Gasteiger partial charge in [-0.1, -0.05) is 45.0 Å². The molecular formula is C52H84FIN6O13. The lowest BCUT2D eigenvalue weighted by Gasteiger charge is -2.51. The van der Waals surface area contributed by atoms with Crippen LogP contribution in [-0.4, -0.2) is 194 Å². The number of benzene rings is 1.